The number of piperidine rings is 1. The van der Waals surface area contributed by atoms with Crippen molar-refractivity contribution in [3.05, 3.63) is 18.6 Å². The molecule has 0 spiro atoms. The van der Waals surface area contributed by atoms with Gasteiger partial charge in [-0.25, -0.2) is 15.4 Å². The van der Waals surface area contributed by atoms with Gasteiger partial charge in [0.05, 0.1) is 5.39 Å². The molecule has 9 heteroatoms. The third-order valence-corrected chi connectivity index (χ3v) is 4.95. The zero-order valence-electron chi connectivity index (χ0n) is 15.6. The van der Waals surface area contributed by atoms with Crippen molar-refractivity contribution in [2.75, 3.05) is 18.0 Å². The zero-order chi connectivity index (χ0) is 19.4. The number of carbonyl (C=O) groups is 2. The molecule has 0 radical (unpaired) electrons. The summed E-state index contributed by atoms with van der Waals surface area (Å²) in [6.45, 7) is 5.34. The fraction of sp³-hybridized carbons (Fsp3) is 0.556. The summed E-state index contributed by atoms with van der Waals surface area (Å²) in [4.78, 5) is 38.2. The number of hydrogen-bond acceptors (Lipinski definition) is 6. The predicted octanol–water partition coefficient (Wildman–Crippen LogP) is 1.21. The number of amides is 2. The molecule has 27 heavy (non-hydrogen) atoms. The van der Waals surface area contributed by atoms with E-state index in [1.54, 1.807) is 5.48 Å². The molecule has 0 saturated carbocycles. The van der Waals surface area contributed by atoms with Gasteiger partial charge in [-0.2, -0.15) is 0 Å². The number of nitrogens with one attached hydrogen (secondary N) is 3. The maximum atomic E-state index is 12.6. The molecule has 2 aromatic rings. The molecule has 1 fully saturated rings. The van der Waals surface area contributed by atoms with Crippen molar-refractivity contribution in [1.82, 2.24) is 25.7 Å². The van der Waals surface area contributed by atoms with Crippen LogP contribution >= 0.6 is 0 Å². The summed E-state index contributed by atoms with van der Waals surface area (Å²) in [5.41, 5.74) is 2.44. The summed E-state index contributed by atoms with van der Waals surface area (Å²) in [6, 6.07) is 1.23. The lowest BCUT2D eigenvalue weighted by Crippen LogP contribution is -2.50. The van der Waals surface area contributed by atoms with E-state index in [0.717, 1.165) is 16.9 Å². The minimum atomic E-state index is -0.720. The highest BCUT2D eigenvalue weighted by Crippen LogP contribution is 2.27. The quantitative estimate of drug-likeness (QED) is 0.445. The number of hydrogen-bond donors (Lipinski definition) is 4. The van der Waals surface area contributed by atoms with Crippen molar-refractivity contribution >= 4 is 28.7 Å². The summed E-state index contributed by atoms with van der Waals surface area (Å²) in [5.74, 6) is 0.211. The maximum Gasteiger partial charge on any atom is 0.265 e. The topological polar surface area (TPSA) is 123 Å². The van der Waals surface area contributed by atoms with Crippen LogP contribution in [0.5, 0.6) is 0 Å². The molecule has 0 unspecified atom stereocenters. The number of anilines is 1. The molecule has 2 amide bonds. The zero-order valence-corrected chi connectivity index (χ0v) is 15.6. The van der Waals surface area contributed by atoms with E-state index in [1.165, 1.54) is 6.33 Å². The average Bonchev–Trinajstić information content (AvgIpc) is 3.15. The Bertz CT molecular complexity index is 797. The van der Waals surface area contributed by atoms with Crippen molar-refractivity contribution < 1.29 is 14.8 Å². The highest BCUT2D eigenvalue weighted by molar-refractivity contribution is 5.89. The van der Waals surface area contributed by atoms with Gasteiger partial charge in [0.2, 0.25) is 5.91 Å². The van der Waals surface area contributed by atoms with E-state index in [0.29, 0.717) is 32.4 Å². The number of hydroxylamine groups is 1. The number of nitrogens with zero attached hydrogens (tertiary/aromatic N) is 3. The van der Waals surface area contributed by atoms with Gasteiger partial charge in [0.1, 0.15) is 23.8 Å². The van der Waals surface area contributed by atoms with E-state index in [9.17, 15) is 9.59 Å². The first-order valence-electron chi connectivity index (χ1n) is 9.27. The minimum Gasteiger partial charge on any atom is -0.356 e. The van der Waals surface area contributed by atoms with Gasteiger partial charge in [-0.05, 0) is 31.2 Å². The Hall–Kier alpha value is -2.68. The Morgan fingerprint density at radius 1 is 1.33 bits per heavy atom. The number of aromatic amines is 1. The van der Waals surface area contributed by atoms with Gasteiger partial charge in [-0.3, -0.25) is 14.8 Å². The molecule has 1 aliphatic heterocycles. The minimum absolute atomic E-state index is 0.140. The molecule has 3 rings (SSSR count). The third kappa shape index (κ3) is 4.36. The second-order valence-electron chi connectivity index (χ2n) is 7.37. The standard InChI is InChI=1S/C18H26N6O3/c1-11(2)9-14(18(26)23-27)22-17(25)12-4-7-24(8-5-12)16-13-3-6-19-15(13)20-10-21-16/h3,6,10-12,14,27H,4-5,7-9H2,1-2H3,(H,22,25)(H,23,26)(H,19,20,21)/t14-/m1/s1. The summed E-state index contributed by atoms with van der Waals surface area (Å²) < 4.78 is 0. The molecule has 2 aromatic heterocycles. The van der Waals surface area contributed by atoms with Crippen LogP contribution in [0.2, 0.25) is 0 Å². The second-order valence-corrected chi connectivity index (χ2v) is 7.37. The summed E-state index contributed by atoms with van der Waals surface area (Å²) in [6.07, 6.45) is 5.21. The monoisotopic (exact) mass is 374 g/mol. The van der Waals surface area contributed by atoms with Crippen LogP contribution in [0.3, 0.4) is 0 Å². The van der Waals surface area contributed by atoms with E-state index in [1.807, 2.05) is 26.1 Å². The molecule has 3 heterocycles. The van der Waals surface area contributed by atoms with Gasteiger partial charge in [0, 0.05) is 25.2 Å². The van der Waals surface area contributed by atoms with E-state index < -0.39 is 11.9 Å². The molecule has 146 valence electrons. The van der Waals surface area contributed by atoms with Crippen molar-refractivity contribution in [1.29, 1.82) is 0 Å². The van der Waals surface area contributed by atoms with Crippen LogP contribution in [0, 0.1) is 11.8 Å². The van der Waals surface area contributed by atoms with E-state index in [-0.39, 0.29) is 17.7 Å². The Morgan fingerprint density at radius 3 is 2.74 bits per heavy atom. The van der Waals surface area contributed by atoms with Crippen LogP contribution in [0.4, 0.5) is 5.82 Å². The number of H-pyrrole nitrogens is 1. The normalized spacial score (nSPS) is 16.5. The molecule has 1 atom stereocenters. The maximum absolute atomic E-state index is 12.6. The van der Waals surface area contributed by atoms with E-state index in [4.69, 9.17) is 5.21 Å². The Kier molecular flexibility index (Phi) is 5.90. The van der Waals surface area contributed by atoms with Crippen molar-refractivity contribution in [2.45, 2.75) is 39.2 Å². The highest BCUT2D eigenvalue weighted by Gasteiger charge is 2.29. The molecule has 0 aliphatic carbocycles. The molecular formula is C18H26N6O3. The van der Waals surface area contributed by atoms with Crippen LogP contribution in [0.25, 0.3) is 11.0 Å². The first-order valence-corrected chi connectivity index (χ1v) is 9.27. The number of rotatable bonds is 6. The van der Waals surface area contributed by atoms with E-state index >= 15 is 0 Å². The molecular weight excluding hydrogens is 348 g/mol. The van der Waals surface area contributed by atoms with Crippen LogP contribution in [0.15, 0.2) is 18.6 Å². The molecule has 9 nitrogen and oxygen atoms in total. The molecule has 4 N–H and O–H groups in total. The van der Waals surface area contributed by atoms with Crippen molar-refractivity contribution in [3.63, 3.8) is 0 Å². The van der Waals surface area contributed by atoms with E-state index in [2.05, 4.69) is 25.2 Å². The highest BCUT2D eigenvalue weighted by atomic mass is 16.5. The largest absolute Gasteiger partial charge is 0.356 e. The number of fused-ring (bicyclic) bond motifs is 1. The van der Waals surface area contributed by atoms with Crippen LogP contribution in [-0.2, 0) is 9.59 Å². The fourth-order valence-electron chi connectivity index (χ4n) is 3.53. The molecule has 0 aromatic carbocycles. The molecule has 0 bridgehead atoms. The SMILES string of the molecule is CC(C)C[C@@H](NC(=O)C1CCN(c2ncnc3[nH]ccc23)CC1)C(=O)NO. The summed E-state index contributed by atoms with van der Waals surface area (Å²) in [5, 5.41) is 12.7. The Labute approximate surface area is 157 Å². The molecule has 1 saturated heterocycles. The van der Waals surface area contributed by atoms with Gasteiger partial charge in [0.15, 0.2) is 0 Å². The lowest BCUT2D eigenvalue weighted by Gasteiger charge is -2.33. The average molecular weight is 374 g/mol. The van der Waals surface area contributed by atoms with Crippen molar-refractivity contribution in [3.8, 4) is 0 Å². The third-order valence-electron chi connectivity index (χ3n) is 4.95. The first kappa shape index (κ1) is 19.1. The summed E-state index contributed by atoms with van der Waals surface area (Å²) >= 11 is 0. The van der Waals surface area contributed by atoms with Crippen LogP contribution in [0.1, 0.15) is 33.1 Å². The Morgan fingerprint density at radius 2 is 2.07 bits per heavy atom. The van der Waals surface area contributed by atoms with Gasteiger partial charge < -0.3 is 15.2 Å². The Balaban J connectivity index is 1.60. The van der Waals surface area contributed by atoms with Gasteiger partial charge in [0.25, 0.3) is 5.91 Å². The lowest BCUT2D eigenvalue weighted by molar-refractivity contribution is -0.136. The lowest BCUT2D eigenvalue weighted by atomic mass is 9.94. The predicted molar refractivity (Wildman–Crippen MR) is 100 cm³/mol. The second kappa shape index (κ2) is 8.34. The van der Waals surface area contributed by atoms with Gasteiger partial charge in [-0.15, -0.1) is 0 Å². The smallest absolute Gasteiger partial charge is 0.265 e. The number of aromatic nitrogens is 3. The summed E-state index contributed by atoms with van der Waals surface area (Å²) in [7, 11) is 0. The van der Waals surface area contributed by atoms with Gasteiger partial charge in [-0.1, -0.05) is 13.8 Å². The molecule has 1 aliphatic rings. The number of carbonyl (C=O) groups excluding carboxylic acids is 2. The fourth-order valence-corrected chi connectivity index (χ4v) is 3.53. The van der Waals surface area contributed by atoms with Crippen molar-refractivity contribution in [2.24, 2.45) is 11.8 Å². The van der Waals surface area contributed by atoms with Gasteiger partial charge >= 0.3 is 0 Å². The van der Waals surface area contributed by atoms with Crippen LogP contribution < -0.4 is 15.7 Å². The van der Waals surface area contributed by atoms with Crippen LogP contribution in [-0.4, -0.2) is 51.1 Å². The first-order chi connectivity index (χ1) is 13.0.